The molecule has 0 saturated carbocycles. The molecule has 1 aliphatic rings. The first-order chi connectivity index (χ1) is 10.3. The molecule has 1 aliphatic heterocycles. The fourth-order valence-corrected chi connectivity index (χ4v) is 2.88. The summed E-state index contributed by atoms with van der Waals surface area (Å²) < 4.78 is 2.15. The fourth-order valence-electron chi connectivity index (χ4n) is 2.88. The van der Waals surface area contributed by atoms with Gasteiger partial charge in [-0.15, -0.1) is 0 Å². The molecule has 1 aromatic carbocycles. The molecule has 4 heteroatoms. The van der Waals surface area contributed by atoms with Crippen molar-refractivity contribution in [3.05, 3.63) is 54.1 Å². The van der Waals surface area contributed by atoms with Crippen LogP contribution in [0.2, 0.25) is 0 Å². The quantitative estimate of drug-likeness (QED) is 0.839. The number of benzene rings is 1. The Hall–Kier alpha value is -1.65. The Bertz CT molecular complexity index is 542. The molecule has 4 nitrogen and oxygen atoms in total. The van der Waals surface area contributed by atoms with E-state index in [0.29, 0.717) is 0 Å². The predicted octanol–water partition coefficient (Wildman–Crippen LogP) is 2.01. The van der Waals surface area contributed by atoms with Gasteiger partial charge in [-0.25, -0.2) is 4.98 Å². The summed E-state index contributed by atoms with van der Waals surface area (Å²) in [6, 6.07) is 8.72. The maximum Gasteiger partial charge on any atom is 0.0946 e. The second kappa shape index (κ2) is 6.87. The third-order valence-electron chi connectivity index (χ3n) is 4.35. The highest BCUT2D eigenvalue weighted by Crippen LogP contribution is 2.12. The highest BCUT2D eigenvalue weighted by atomic mass is 15.3. The molecule has 1 saturated heterocycles. The zero-order valence-corrected chi connectivity index (χ0v) is 12.8. The average Bonchev–Trinajstić information content (AvgIpc) is 3.02. The van der Waals surface area contributed by atoms with Crippen molar-refractivity contribution in [3.8, 4) is 0 Å². The van der Waals surface area contributed by atoms with Crippen LogP contribution in [0.5, 0.6) is 0 Å². The summed E-state index contributed by atoms with van der Waals surface area (Å²) in [6.45, 7) is 10.1. The minimum absolute atomic E-state index is 1.04. The number of hydrogen-bond acceptors (Lipinski definition) is 3. The number of hydrogen-bond donors (Lipinski definition) is 0. The Balaban J connectivity index is 1.44. The van der Waals surface area contributed by atoms with Gasteiger partial charge in [-0.2, -0.15) is 0 Å². The van der Waals surface area contributed by atoms with Crippen molar-refractivity contribution in [1.29, 1.82) is 0 Å². The Kier molecular flexibility index (Phi) is 4.68. The minimum atomic E-state index is 1.04. The lowest BCUT2D eigenvalue weighted by Crippen LogP contribution is -2.46. The van der Waals surface area contributed by atoms with Gasteiger partial charge >= 0.3 is 0 Å². The number of aromatic nitrogens is 2. The van der Waals surface area contributed by atoms with Crippen LogP contribution in [0.3, 0.4) is 0 Å². The Morgan fingerprint density at radius 3 is 2.48 bits per heavy atom. The molecular weight excluding hydrogens is 260 g/mol. The molecule has 0 amide bonds. The summed E-state index contributed by atoms with van der Waals surface area (Å²) in [5.74, 6) is 0. The highest BCUT2D eigenvalue weighted by molar-refractivity contribution is 5.25. The fraction of sp³-hybridized carbons (Fsp3) is 0.471. The number of imidazole rings is 1. The lowest BCUT2D eigenvalue weighted by atomic mass is 10.1. The van der Waals surface area contributed by atoms with E-state index in [4.69, 9.17) is 0 Å². The topological polar surface area (TPSA) is 24.3 Å². The molecule has 0 radical (unpaired) electrons. The average molecular weight is 284 g/mol. The normalized spacial score (nSPS) is 17.2. The van der Waals surface area contributed by atoms with Gasteiger partial charge in [-0.1, -0.05) is 24.3 Å². The molecule has 0 bridgehead atoms. The number of piperazine rings is 1. The summed E-state index contributed by atoms with van der Waals surface area (Å²) >= 11 is 0. The van der Waals surface area contributed by atoms with Crippen molar-refractivity contribution in [1.82, 2.24) is 19.4 Å². The van der Waals surface area contributed by atoms with Crippen LogP contribution in [-0.4, -0.2) is 52.1 Å². The summed E-state index contributed by atoms with van der Waals surface area (Å²) in [5.41, 5.74) is 2.87. The Morgan fingerprint density at radius 2 is 1.76 bits per heavy atom. The van der Waals surface area contributed by atoms with Crippen molar-refractivity contribution >= 4 is 0 Å². The van der Waals surface area contributed by atoms with E-state index in [2.05, 4.69) is 50.5 Å². The van der Waals surface area contributed by atoms with E-state index >= 15 is 0 Å². The standard InChI is InChI=1S/C17H24N4/c1-16-4-2-3-5-17(16)14-20-11-8-19(9-12-20)10-13-21-7-6-18-15-21/h2-7,15H,8-14H2,1H3. The molecule has 1 aromatic heterocycles. The van der Waals surface area contributed by atoms with E-state index in [-0.39, 0.29) is 0 Å². The van der Waals surface area contributed by atoms with Crippen LogP contribution in [0.25, 0.3) is 0 Å². The second-order valence-corrected chi connectivity index (χ2v) is 5.84. The molecule has 3 rings (SSSR count). The lowest BCUT2D eigenvalue weighted by molar-refractivity contribution is 0.124. The minimum Gasteiger partial charge on any atom is -0.336 e. The smallest absolute Gasteiger partial charge is 0.0946 e. The molecule has 0 N–H and O–H groups in total. The van der Waals surface area contributed by atoms with E-state index in [1.165, 1.54) is 24.2 Å². The van der Waals surface area contributed by atoms with Gasteiger partial charge in [0.2, 0.25) is 0 Å². The number of rotatable bonds is 5. The maximum absolute atomic E-state index is 4.09. The summed E-state index contributed by atoms with van der Waals surface area (Å²) in [4.78, 5) is 9.20. The molecule has 21 heavy (non-hydrogen) atoms. The van der Waals surface area contributed by atoms with Crippen molar-refractivity contribution in [2.45, 2.75) is 20.0 Å². The van der Waals surface area contributed by atoms with Gasteiger partial charge in [0.1, 0.15) is 0 Å². The van der Waals surface area contributed by atoms with Crippen LogP contribution < -0.4 is 0 Å². The van der Waals surface area contributed by atoms with Gasteiger partial charge in [0, 0.05) is 58.2 Å². The van der Waals surface area contributed by atoms with E-state index in [9.17, 15) is 0 Å². The van der Waals surface area contributed by atoms with Gasteiger partial charge in [-0.05, 0) is 18.1 Å². The van der Waals surface area contributed by atoms with Crippen molar-refractivity contribution in [2.24, 2.45) is 0 Å². The van der Waals surface area contributed by atoms with E-state index < -0.39 is 0 Å². The Labute approximate surface area is 127 Å². The van der Waals surface area contributed by atoms with Crippen LogP contribution in [-0.2, 0) is 13.1 Å². The zero-order valence-electron chi connectivity index (χ0n) is 12.8. The molecule has 2 heterocycles. The van der Waals surface area contributed by atoms with E-state index in [1.54, 1.807) is 0 Å². The third-order valence-corrected chi connectivity index (χ3v) is 4.35. The van der Waals surface area contributed by atoms with Crippen molar-refractivity contribution in [3.63, 3.8) is 0 Å². The number of nitrogens with zero attached hydrogens (tertiary/aromatic N) is 4. The predicted molar refractivity (Wildman–Crippen MR) is 85.1 cm³/mol. The first-order valence-electron chi connectivity index (χ1n) is 7.76. The molecule has 0 atom stereocenters. The lowest BCUT2D eigenvalue weighted by Gasteiger charge is -2.35. The maximum atomic E-state index is 4.09. The van der Waals surface area contributed by atoms with Crippen LogP contribution in [0.4, 0.5) is 0 Å². The summed E-state index contributed by atoms with van der Waals surface area (Å²) in [5, 5.41) is 0. The second-order valence-electron chi connectivity index (χ2n) is 5.84. The van der Waals surface area contributed by atoms with Gasteiger partial charge in [0.25, 0.3) is 0 Å². The first-order valence-corrected chi connectivity index (χ1v) is 7.76. The van der Waals surface area contributed by atoms with Gasteiger partial charge < -0.3 is 4.57 Å². The molecule has 112 valence electrons. The summed E-state index contributed by atoms with van der Waals surface area (Å²) in [7, 11) is 0. The van der Waals surface area contributed by atoms with Gasteiger partial charge in [-0.3, -0.25) is 9.80 Å². The molecule has 2 aromatic rings. The van der Waals surface area contributed by atoms with Gasteiger partial charge in [0.15, 0.2) is 0 Å². The van der Waals surface area contributed by atoms with Crippen LogP contribution in [0, 0.1) is 6.92 Å². The van der Waals surface area contributed by atoms with Crippen LogP contribution in [0.1, 0.15) is 11.1 Å². The molecule has 0 aliphatic carbocycles. The first kappa shape index (κ1) is 14.3. The van der Waals surface area contributed by atoms with Crippen molar-refractivity contribution < 1.29 is 0 Å². The Morgan fingerprint density at radius 1 is 1.00 bits per heavy atom. The molecule has 0 unspecified atom stereocenters. The summed E-state index contributed by atoms with van der Waals surface area (Å²) in [6.07, 6.45) is 5.78. The number of aryl methyl sites for hydroxylation is 1. The van der Waals surface area contributed by atoms with E-state index in [0.717, 1.165) is 32.7 Å². The largest absolute Gasteiger partial charge is 0.336 e. The van der Waals surface area contributed by atoms with Crippen molar-refractivity contribution in [2.75, 3.05) is 32.7 Å². The van der Waals surface area contributed by atoms with Crippen LogP contribution >= 0.6 is 0 Å². The third kappa shape index (κ3) is 3.93. The SMILES string of the molecule is Cc1ccccc1CN1CCN(CCn2ccnc2)CC1. The van der Waals surface area contributed by atoms with Crippen LogP contribution in [0.15, 0.2) is 43.0 Å². The molecule has 1 fully saturated rings. The van der Waals surface area contributed by atoms with E-state index in [1.807, 2.05) is 18.7 Å². The molecule has 0 spiro atoms. The monoisotopic (exact) mass is 284 g/mol. The zero-order chi connectivity index (χ0) is 14.5. The molecular formula is C17H24N4. The van der Waals surface area contributed by atoms with Gasteiger partial charge in [0.05, 0.1) is 6.33 Å². The highest BCUT2D eigenvalue weighted by Gasteiger charge is 2.17.